The zero-order valence-corrected chi connectivity index (χ0v) is 24.5. The van der Waals surface area contributed by atoms with Crippen LogP contribution in [0.25, 0.3) is 0 Å². The van der Waals surface area contributed by atoms with E-state index in [-0.39, 0.29) is 47.5 Å². The summed E-state index contributed by atoms with van der Waals surface area (Å²) in [6.07, 6.45) is 2.29. The number of benzene rings is 3. The average Bonchev–Trinajstić information content (AvgIpc) is 3.40. The van der Waals surface area contributed by atoms with Gasteiger partial charge in [-0.3, -0.25) is 29.3 Å². The van der Waals surface area contributed by atoms with Gasteiger partial charge < -0.3 is 9.84 Å². The van der Waals surface area contributed by atoms with Crippen LogP contribution in [0.2, 0.25) is 0 Å². The summed E-state index contributed by atoms with van der Waals surface area (Å²) in [6, 6.07) is 19.0. The third-order valence-corrected chi connectivity index (χ3v) is 10.1. The molecule has 0 spiro atoms. The summed E-state index contributed by atoms with van der Waals surface area (Å²) in [5.41, 5.74) is 0.407. The number of nitro groups is 1. The van der Waals surface area contributed by atoms with Crippen molar-refractivity contribution in [2.24, 2.45) is 29.1 Å². The van der Waals surface area contributed by atoms with Crippen molar-refractivity contribution in [1.29, 1.82) is 0 Å². The highest BCUT2D eigenvalue weighted by Gasteiger charge is 2.67. The number of anilines is 2. The van der Waals surface area contributed by atoms with E-state index < -0.39 is 51.7 Å². The smallest absolute Gasteiger partial charge is 0.271 e. The third-order valence-electron chi connectivity index (χ3n) is 10.1. The number of ether oxygens (including phenoxy) is 1. The van der Waals surface area contributed by atoms with E-state index >= 15 is 0 Å². The standard InChI is InChI=1S/C34H29N3O8/c1-34-25(31(40)36(33(34)42)19-7-4-3-5-8-19)17-24-22(29(34)18-11-14-27(45-2)26(38)15-18)12-13-23-28(24)32(41)35(30(23)39)20-9-6-10-21(16-20)37(43)44/h3-12,14-16,23-25,28-29,38H,13,17H2,1-2H3. The van der Waals surface area contributed by atoms with Gasteiger partial charge in [0.2, 0.25) is 23.6 Å². The first-order valence-electron chi connectivity index (χ1n) is 14.7. The lowest BCUT2D eigenvalue weighted by Gasteiger charge is -2.49. The zero-order valence-electron chi connectivity index (χ0n) is 24.5. The molecule has 11 nitrogen and oxygen atoms in total. The Bertz CT molecular complexity index is 1840. The number of amides is 4. The molecule has 1 N–H and O–H groups in total. The summed E-state index contributed by atoms with van der Waals surface area (Å²) >= 11 is 0. The second kappa shape index (κ2) is 10.1. The first-order valence-corrected chi connectivity index (χ1v) is 14.7. The Morgan fingerprint density at radius 1 is 0.889 bits per heavy atom. The van der Waals surface area contributed by atoms with Gasteiger partial charge in [0, 0.05) is 18.1 Å². The van der Waals surface area contributed by atoms with Crippen molar-refractivity contribution in [3.63, 3.8) is 0 Å². The van der Waals surface area contributed by atoms with E-state index in [1.54, 1.807) is 49.4 Å². The highest BCUT2D eigenvalue weighted by Crippen LogP contribution is 2.64. The number of carbonyl (C=O) groups excluding carboxylic acids is 4. The lowest BCUT2D eigenvalue weighted by atomic mass is 9.51. The molecule has 4 aliphatic rings. The number of fused-ring (bicyclic) bond motifs is 4. The maximum absolute atomic E-state index is 14.4. The highest BCUT2D eigenvalue weighted by molar-refractivity contribution is 6.25. The van der Waals surface area contributed by atoms with Crippen LogP contribution in [0.15, 0.2) is 84.4 Å². The average molecular weight is 608 g/mol. The molecule has 1 saturated carbocycles. The fourth-order valence-corrected chi connectivity index (χ4v) is 8.11. The van der Waals surface area contributed by atoms with Crippen molar-refractivity contribution < 1.29 is 33.9 Å². The number of phenolic OH excluding ortho intramolecular Hbond substituents is 1. The molecule has 3 aromatic carbocycles. The van der Waals surface area contributed by atoms with Crippen molar-refractivity contribution >= 4 is 40.7 Å². The molecule has 6 unspecified atom stereocenters. The fraction of sp³-hybridized carbons (Fsp3) is 0.294. The van der Waals surface area contributed by atoms with Crippen molar-refractivity contribution in [3.05, 3.63) is 100 Å². The fourth-order valence-electron chi connectivity index (χ4n) is 8.11. The van der Waals surface area contributed by atoms with Gasteiger partial charge in [-0.2, -0.15) is 0 Å². The first-order chi connectivity index (χ1) is 21.6. The van der Waals surface area contributed by atoms with Crippen LogP contribution >= 0.6 is 0 Å². The SMILES string of the molecule is COc1ccc(C2C3=CCC4C(=O)N(c5cccc([N+](=O)[O-])c5)C(=O)C4C3CC3C(=O)N(c4ccccc4)C(=O)C32C)cc1O. The number of nitrogens with zero attached hydrogens (tertiary/aromatic N) is 3. The molecule has 6 atom stereocenters. The van der Waals surface area contributed by atoms with E-state index in [0.29, 0.717) is 11.3 Å². The summed E-state index contributed by atoms with van der Waals surface area (Å²) in [5.74, 6) is -5.23. The third kappa shape index (κ3) is 3.96. The minimum absolute atomic E-state index is 0.120. The minimum Gasteiger partial charge on any atom is -0.504 e. The molecule has 2 aliphatic heterocycles. The van der Waals surface area contributed by atoms with E-state index in [1.807, 2.05) is 6.08 Å². The summed E-state index contributed by atoms with van der Waals surface area (Å²) in [4.78, 5) is 69.6. The molecule has 228 valence electrons. The predicted molar refractivity (Wildman–Crippen MR) is 161 cm³/mol. The second-order valence-electron chi connectivity index (χ2n) is 12.2. The van der Waals surface area contributed by atoms with Crippen LogP contribution in [0.1, 0.15) is 31.2 Å². The van der Waals surface area contributed by atoms with Crippen LogP contribution in [0.3, 0.4) is 0 Å². The molecule has 0 radical (unpaired) electrons. The predicted octanol–water partition coefficient (Wildman–Crippen LogP) is 4.74. The Hall–Kier alpha value is -5.32. The molecule has 7 rings (SSSR count). The van der Waals surface area contributed by atoms with Gasteiger partial charge in [-0.15, -0.1) is 0 Å². The number of para-hydroxylation sites is 1. The Labute approximate surface area is 257 Å². The molecule has 45 heavy (non-hydrogen) atoms. The Balaban J connectivity index is 1.36. The zero-order chi connectivity index (χ0) is 31.8. The lowest BCUT2D eigenvalue weighted by Crippen LogP contribution is -2.48. The first kappa shape index (κ1) is 28.5. The molecule has 0 bridgehead atoms. The van der Waals surface area contributed by atoms with E-state index in [2.05, 4.69) is 0 Å². The lowest BCUT2D eigenvalue weighted by molar-refractivity contribution is -0.384. The highest BCUT2D eigenvalue weighted by atomic mass is 16.6. The van der Waals surface area contributed by atoms with Crippen LogP contribution in [-0.2, 0) is 19.2 Å². The van der Waals surface area contributed by atoms with E-state index in [0.717, 1.165) is 10.5 Å². The number of non-ortho nitro benzene ring substituents is 1. The van der Waals surface area contributed by atoms with Gasteiger partial charge in [0.15, 0.2) is 11.5 Å². The van der Waals surface area contributed by atoms with Gasteiger partial charge in [-0.1, -0.05) is 42.0 Å². The molecule has 3 aromatic rings. The molecule has 2 heterocycles. The second-order valence-corrected chi connectivity index (χ2v) is 12.2. The van der Waals surface area contributed by atoms with Gasteiger partial charge >= 0.3 is 0 Å². The maximum atomic E-state index is 14.4. The number of aromatic hydroxyl groups is 1. The van der Waals surface area contributed by atoms with Gasteiger partial charge in [0.25, 0.3) is 5.69 Å². The summed E-state index contributed by atoms with van der Waals surface area (Å²) in [6.45, 7) is 1.77. The van der Waals surface area contributed by atoms with Crippen LogP contribution in [0, 0.1) is 39.2 Å². The topological polar surface area (TPSA) is 147 Å². The summed E-state index contributed by atoms with van der Waals surface area (Å²) < 4.78 is 5.25. The monoisotopic (exact) mass is 607 g/mol. The van der Waals surface area contributed by atoms with Crippen molar-refractivity contribution in [2.75, 3.05) is 16.9 Å². The van der Waals surface area contributed by atoms with E-state index in [4.69, 9.17) is 4.74 Å². The largest absolute Gasteiger partial charge is 0.504 e. The van der Waals surface area contributed by atoms with Gasteiger partial charge in [0.05, 0.1) is 46.6 Å². The van der Waals surface area contributed by atoms with Crippen LogP contribution in [0.4, 0.5) is 17.1 Å². The quantitative estimate of drug-likeness (QED) is 0.189. The van der Waals surface area contributed by atoms with Crippen molar-refractivity contribution in [1.82, 2.24) is 0 Å². The van der Waals surface area contributed by atoms with Gasteiger partial charge in [0.1, 0.15) is 0 Å². The van der Waals surface area contributed by atoms with Gasteiger partial charge in [-0.25, -0.2) is 9.80 Å². The number of rotatable bonds is 5. The summed E-state index contributed by atoms with van der Waals surface area (Å²) in [5, 5.41) is 22.2. The molecular formula is C34H29N3O8. The van der Waals surface area contributed by atoms with E-state index in [9.17, 15) is 34.4 Å². The van der Waals surface area contributed by atoms with Gasteiger partial charge in [-0.05, 0) is 61.6 Å². The van der Waals surface area contributed by atoms with Crippen molar-refractivity contribution in [2.45, 2.75) is 25.7 Å². The van der Waals surface area contributed by atoms with Crippen LogP contribution in [-0.4, -0.2) is 40.8 Å². The van der Waals surface area contributed by atoms with Crippen LogP contribution < -0.4 is 14.5 Å². The van der Waals surface area contributed by atoms with Crippen molar-refractivity contribution in [3.8, 4) is 11.5 Å². The number of phenols is 1. The number of carbonyl (C=O) groups is 4. The van der Waals surface area contributed by atoms with Crippen LogP contribution in [0.5, 0.6) is 11.5 Å². The molecule has 11 heteroatoms. The number of allylic oxidation sites excluding steroid dienone is 2. The number of hydrogen-bond donors (Lipinski definition) is 1. The number of imide groups is 2. The Kier molecular flexibility index (Phi) is 6.40. The molecule has 4 amide bonds. The minimum atomic E-state index is -1.26. The molecular weight excluding hydrogens is 578 g/mol. The number of methoxy groups -OCH3 is 1. The molecule has 0 aromatic heterocycles. The van der Waals surface area contributed by atoms with E-state index in [1.165, 1.54) is 42.3 Å². The maximum Gasteiger partial charge on any atom is 0.271 e. The molecule has 3 fully saturated rings. The number of hydrogen-bond acceptors (Lipinski definition) is 8. The number of nitro benzene ring substituents is 1. The Morgan fingerprint density at radius 3 is 2.31 bits per heavy atom. The summed E-state index contributed by atoms with van der Waals surface area (Å²) in [7, 11) is 1.43. The Morgan fingerprint density at radius 2 is 1.62 bits per heavy atom. The molecule has 2 aliphatic carbocycles. The normalized spacial score (nSPS) is 28.8. The molecule has 2 saturated heterocycles.